The number of para-hydroxylation sites is 2. The average molecular weight is 365 g/mol. The summed E-state index contributed by atoms with van der Waals surface area (Å²) in [6.45, 7) is 2.51. The van der Waals surface area contributed by atoms with Crippen molar-refractivity contribution in [2.75, 3.05) is 36.4 Å². The fourth-order valence-corrected chi connectivity index (χ4v) is 3.38. The molecule has 140 valence electrons. The van der Waals surface area contributed by atoms with Crippen molar-refractivity contribution in [1.29, 1.82) is 0 Å². The van der Waals surface area contributed by atoms with Crippen LogP contribution in [0, 0.1) is 5.92 Å². The second kappa shape index (κ2) is 7.31. The minimum absolute atomic E-state index is 0.0329. The van der Waals surface area contributed by atoms with Gasteiger partial charge in [0.15, 0.2) is 0 Å². The van der Waals surface area contributed by atoms with Crippen LogP contribution in [0.4, 0.5) is 11.4 Å². The summed E-state index contributed by atoms with van der Waals surface area (Å²) in [7, 11) is 0. The summed E-state index contributed by atoms with van der Waals surface area (Å²) < 4.78 is 0. The molecule has 0 bridgehead atoms. The van der Waals surface area contributed by atoms with E-state index in [0.717, 1.165) is 18.5 Å². The van der Waals surface area contributed by atoms with Crippen molar-refractivity contribution in [3.05, 3.63) is 54.1 Å². The van der Waals surface area contributed by atoms with Crippen LogP contribution >= 0.6 is 0 Å². The Hall–Kier alpha value is -3.02. The van der Waals surface area contributed by atoms with Gasteiger partial charge in [0.1, 0.15) is 5.75 Å². The Balaban J connectivity index is 1.39. The lowest BCUT2D eigenvalue weighted by molar-refractivity contribution is -0.117. The number of hydrogen-bond donors (Lipinski definition) is 2. The number of phenolic OH excluding ortho intramolecular Hbond substituents is 1. The molecule has 1 aliphatic carbocycles. The molecule has 6 heteroatoms. The van der Waals surface area contributed by atoms with Gasteiger partial charge in [-0.3, -0.25) is 9.59 Å². The molecule has 0 radical (unpaired) electrons. The topological polar surface area (TPSA) is 72.9 Å². The van der Waals surface area contributed by atoms with E-state index in [0.29, 0.717) is 37.4 Å². The van der Waals surface area contributed by atoms with Gasteiger partial charge < -0.3 is 20.2 Å². The van der Waals surface area contributed by atoms with Crippen molar-refractivity contribution in [3.8, 4) is 5.75 Å². The average Bonchev–Trinajstić information content (AvgIpc) is 3.54. The SMILES string of the molecule is O=C(Nc1cccc(C(=O)N2CCN(c3ccccc3O)CC2)c1)C1CC1. The van der Waals surface area contributed by atoms with Crippen molar-refractivity contribution in [1.82, 2.24) is 4.90 Å². The number of nitrogens with one attached hydrogen (secondary N) is 1. The lowest BCUT2D eigenvalue weighted by Gasteiger charge is -2.36. The van der Waals surface area contributed by atoms with Gasteiger partial charge in [-0.05, 0) is 43.2 Å². The molecule has 0 spiro atoms. The number of hydrogen-bond acceptors (Lipinski definition) is 4. The van der Waals surface area contributed by atoms with E-state index < -0.39 is 0 Å². The zero-order valence-electron chi connectivity index (χ0n) is 15.1. The number of piperazine rings is 1. The monoisotopic (exact) mass is 365 g/mol. The third-order valence-corrected chi connectivity index (χ3v) is 5.11. The normalized spacial score (nSPS) is 16.9. The summed E-state index contributed by atoms with van der Waals surface area (Å²) in [5.74, 6) is 0.397. The Kier molecular flexibility index (Phi) is 4.71. The van der Waals surface area contributed by atoms with Crippen LogP contribution in [0.15, 0.2) is 48.5 Å². The molecule has 0 unspecified atom stereocenters. The molecule has 27 heavy (non-hydrogen) atoms. The second-order valence-electron chi connectivity index (χ2n) is 7.11. The standard InChI is InChI=1S/C21H23N3O3/c25-19-7-2-1-6-18(19)23-10-12-24(13-11-23)21(27)16-4-3-5-17(14-16)22-20(26)15-8-9-15/h1-7,14-15,25H,8-13H2,(H,22,26). The Morgan fingerprint density at radius 2 is 1.70 bits per heavy atom. The molecule has 1 saturated carbocycles. The van der Waals surface area contributed by atoms with Gasteiger partial charge in [-0.2, -0.15) is 0 Å². The van der Waals surface area contributed by atoms with Crippen LogP contribution in [0.25, 0.3) is 0 Å². The van der Waals surface area contributed by atoms with Crippen LogP contribution in [-0.4, -0.2) is 48.0 Å². The maximum Gasteiger partial charge on any atom is 0.254 e. The summed E-state index contributed by atoms with van der Waals surface area (Å²) in [4.78, 5) is 28.7. The Labute approximate surface area is 158 Å². The maximum atomic E-state index is 12.8. The summed E-state index contributed by atoms with van der Waals surface area (Å²) in [6, 6.07) is 14.4. The molecule has 2 aromatic rings. The lowest BCUT2D eigenvalue weighted by Crippen LogP contribution is -2.48. The van der Waals surface area contributed by atoms with Crippen LogP contribution < -0.4 is 10.2 Å². The molecule has 6 nitrogen and oxygen atoms in total. The fourth-order valence-electron chi connectivity index (χ4n) is 3.38. The number of phenols is 1. The van der Waals surface area contributed by atoms with Gasteiger partial charge in [0.2, 0.25) is 5.91 Å². The Morgan fingerprint density at radius 1 is 0.963 bits per heavy atom. The number of benzene rings is 2. The molecule has 0 aromatic heterocycles. The highest BCUT2D eigenvalue weighted by Gasteiger charge is 2.30. The minimum Gasteiger partial charge on any atom is -0.506 e. The number of carbonyl (C=O) groups excluding carboxylic acids is 2. The summed E-state index contributed by atoms with van der Waals surface area (Å²) in [6.07, 6.45) is 1.90. The minimum atomic E-state index is -0.0329. The highest BCUT2D eigenvalue weighted by molar-refractivity contribution is 5.98. The van der Waals surface area contributed by atoms with Crippen LogP contribution in [-0.2, 0) is 4.79 Å². The van der Waals surface area contributed by atoms with E-state index in [1.54, 1.807) is 30.3 Å². The molecule has 4 rings (SSSR count). The van der Waals surface area contributed by atoms with Crippen LogP contribution in [0.3, 0.4) is 0 Å². The van der Waals surface area contributed by atoms with Gasteiger partial charge in [-0.15, -0.1) is 0 Å². The third-order valence-electron chi connectivity index (χ3n) is 5.11. The van der Waals surface area contributed by atoms with Gasteiger partial charge in [-0.25, -0.2) is 0 Å². The zero-order valence-corrected chi connectivity index (χ0v) is 15.1. The smallest absolute Gasteiger partial charge is 0.254 e. The zero-order chi connectivity index (χ0) is 18.8. The molecule has 2 fully saturated rings. The van der Waals surface area contributed by atoms with E-state index >= 15 is 0 Å². The highest BCUT2D eigenvalue weighted by Crippen LogP contribution is 2.30. The first-order chi connectivity index (χ1) is 13.1. The van der Waals surface area contributed by atoms with E-state index in [9.17, 15) is 14.7 Å². The van der Waals surface area contributed by atoms with Crippen molar-refractivity contribution in [2.45, 2.75) is 12.8 Å². The molecule has 2 N–H and O–H groups in total. The van der Waals surface area contributed by atoms with E-state index in [4.69, 9.17) is 0 Å². The Bertz CT molecular complexity index is 855. The number of aromatic hydroxyl groups is 1. The van der Waals surface area contributed by atoms with Gasteiger partial charge in [-0.1, -0.05) is 18.2 Å². The summed E-state index contributed by atoms with van der Waals surface area (Å²) in [5, 5.41) is 12.9. The van der Waals surface area contributed by atoms with Gasteiger partial charge in [0, 0.05) is 43.3 Å². The number of carbonyl (C=O) groups is 2. The fraction of sp³-hybridized carbons (Fsp3) is 0.333. The molecule has 1 saturated heterocycles. The molecule has 2 aliphatic rings. The van der Waals surface area contributed by atoms with Crippen LogP contribution in [0.5, 0.6) is 5.75 Å². The molecular formula is C21H23N3O3. The van der Waals surface area contributed by atoms with Gasteiger partial charge >= 0.3 is 0 Å². The molecule has 1 heterocycles. The van der Waals surface area contributed by atoms with Gasteiger partial charge in [0.05, 0.1) is 5.69 Å². The molecule has 2 amide bonds. The van der Waals surface area contributed by atoms with E-state index in [1.807, 2.05) is 23.1 Å². The molecule has 1 aliphatic heterocycles. The quantitative estimate of drug-likeness (QED) is 0.874. The second-order valence-corrected chi connectivity index (χ2v) is 7.11. The van der Waals surface area contributed by atoms with Crippen molar-refractivity contribution < 1.29 is 14.7 Å². The Morgan fingerprint density at radius 3 is 2.41 bits per heavy atom. The molecule has 0 atom stereocenters. The first-order valence-electron chi connectivity index (χ1n) is 9.35. The largest absolute Gasteiger partial charge is 0.506 e. The van der Waals surface area contributed by atoms with Gasteiger partial charge in [0.25, 0.3) is 5.91 Å². The summed E-state index contributed by atoms with van der Waals surface area (Å²) >= 11 is 0. The van der Waals surface area contributed by atoms with Crippen molar-refractivity contribution in [2.24, 2.45) is 5.92 Å². The first kappa shape index (κ1) is 17.4. The van der Waals surface area contributed by atoms with Crippen LogP contribution in [0.2, 0.25) is 0 Å². The van der Waals surface area contributed by atoms with Crippen molar-refractivity contribution >= 4 is 23.2 Å². The summed E-state index contributed by atoms with van der Waals surface area (Å²) in [5.41, 5.74) is 2.06. The number of rotatable bonds is 4. The van der Waals surface area contributed by atoms with E-state index in [1.165, 1.54) is 0 Å². The van der Waals surface area contributed by atoms with Crippen LogP contribution in [0.1, 0.15) is 23.2 Å². The predicted octanol–water partition coefficient (Wildman–Crippen LogP) is 2.70. The number of amides is 2. The highest BCUT2D eigenvalue weighted by atomic mass is 16.3. The van der Waals surface area contributed by atoms with Crippen molar-refractivity contribution in [3.63, 3.8) is 0 Å². The molecular weight excluding hydrogens is 342 g/mol. The third kappa shape index (κ3) is 3.89. The maximum absolute atomic E-state index is 12.8. The number of anilines is 2. The van der Waals surface area contributed by atoms with E-state index in [-0.39, 0.29) is 23.5 Å². The predicted molar refractivity (Wildman–Crippen MR) is 104 cm³/mol. The first-order valence-corrected chi connectivity index (χ1v) is 9.35. The number of nitrogens with zero attached hydrogens (tertiary/aromatic N) is 2. The molecule has 2 aromatic carbocycles. The van der Waals surface area contributed by atoms with E-state index in [2.05, 4.69) is 10.2 Å². The lowest BCUT2D eigenvalue weighted by atomic mass is 10.1.